The first-order valence-electron chi connectivity index (χ1n) is 3.65. The van der Waals surface area contributed by atoms with E-state index >= 15 is 0 Å². The summed E-state index contributed by atoms with van der Waals surface area (Å²) in [6.45, 7) is 1.74. The summed E-state index contributed by atoms with van der Waals surface area (Å²) in [5.41, 5.74) is -0.361. The predicted octanol–water partition coefficient (Wildman–Crippen LogP) is 1.02. The van der Waals surface area contributed by atoms with Crippen LogP contribution in [0.25, 0.3) is 0 Å². The van der Waals surface area contributed by atoms with Crippen molar-refractivity contribution < 1.29 is 9.72 Å². The minimum Gasteiger partial charge on any atom is -0.300 e. The van der Waals surface area contributed by atoms with Gasteiger partial charge in [0.1, 0.15) is 5.78 Å². The van der Waals surface area contributed by atoms with E-state index in [4.69, 9.17) is 0 Å². The second-order valence-electron chi connectivity index (χ2n) is 3.52. The van der Waals surface area contributed by atoms with E-state index < -0.39 is 0 Å². The quantitative estimate of drug-likeness (QED) is 0.444. The van der Waals surface area contributed by atoms with Crippen LogP contribution < -0.4 is 0 Å². The van der Waals surface area contributed by atoms with Crippen molar-refractivity contribution in [1.29, 1.82) is 0 Å². The Hall–Kier alpha value is -0.930. The molecule has 1 aliphatic carbocycles. The molecule has 0 spiro atoms. The molecule has 62 valence electrons. The van der Waals surface area contributed by atoms with Gasteiger partial charge in [-0.15, -0.1) is 0 Å². The normalized spacial score (nSPS) is 30.8. The molecule has 0 aromatic rings. The van der Waals surface area contributed by atoms with Gasteiger partial charge in [0.05, 0.1) is 0 Å². The summed E-state index contributed by atoms with van der Waals surface area (Å²) < 4.78 is 0. The number of rotatable bonds is 2. The van der Waals surface area contributed by atoms with Gasteiger partial charge in [-0.1, -0.05) is 6.92 Å². The SMILES string of the molecule is C[C@@]1(C[N+](=O)[O-])CCC(=O)C1. The molecule has 0 heterocycles. The van der Waals surface area contributed by atoms with E-state index in [1.807, 2.05) is 0 Å². The van der Waals surface area contributed by atoms with E-state index in [0.717, 1.165) is 0 Å². The van der Waals surface area contributed by atoms with Crippen LogP contribution in [0.3, 0.4) is 0 Å². The van der Waals surface area contributed by atoms with Gasteiger partial charge in [0.2, 0.25) is 6.54 Å². The Kier molecular flexibility index (Phi) is 1.93. The highest BCUT2D eigenvalue weighted by molar-refractivity contribution is 5.81. The molecule has 1 aliphatic rings. The van der Waals surface area contributed by atoms with Crippen molar-refractivity contribution in [2.75, 3.05) is 6.54 Å². The highest BCUT2D eigenvalue weighted by Gasteiger charge is 2.38. The number of nitrogens with zero attached hydrogens (tertiary/aromatic N) is 1. The Labute approximate surface area is 64.7 Å². The van der Waals surface area contributed by atoms with Crippen molar-refractivity contribution >= 4 is 5.78 Å². The molecule has 1 rings (SSSR count). The molecule has 4 heteroatoms. The summed E-state index contributed by atoms with van der Waals surface area (Å²) in [5.74, 6) is 0.161. The van der Waals surface area contributed by atoms with Crippen LogP contribution in [0, 0.1) is 15.5 Å². The highest BCUT2D eigenvalue weighted by Crippen LogP contribution is 2.35. The van der Waals surface area contributed by atoms with Gasteiger partial charge in [0.15, 0.2) is 0 Å². The van der Waals surface area contributed by atoms with Gasteiger partial charge in [0.25, 0.3) is 0 Å². The fourth-order valence-corrected chi connectivity index (χ4v) is 1.54. The maximum Gasteiger partial charge on any atom is 0.209 e. The van der Waals surface area contributed by atoms with Crippen LogP contribution >= 0.6 is 0 Å². The molecule has 0 radical (unpaired) electrons. The maximum atomic E-state index is 10.8. The van der Waals surface area contributed by atoms with Gasteiger partial charge in [0, 0.05) is 23.2 Å². The van der Waals surface area contributed by atoms with Crippen molar-refractivity contribution in [3.05, 3.63) is 10.1 Å². The highest BCUT2D eigenvalue weighted by atomic mass is 16.6. The van der Waals surface area contributed by atoms with Gasteiger partial charge >= 0.3 is 0 Å². The molecular formula is C7H11NO3. The van der Waals surface area contributed by atoms with Crippen LogP contribution in [0.5, 0.6) is 0 Å². The summed E-state index contributed by atoms with van der Waals surface area (Å²) in [4.78, 5) is 20.6. The summed E-state index contributed by atoms with van der Waals surface area (Å²) in [6.07, 6.45) is 1.57. The van der Waals surface area contributed by atoms with Crippen molar-refractivity contribution in [3.63, 3.8) is 0 Å². The van der Waals surface area contributed by atoms with E-state index in [1.54, 1.807) is 6.92 Å². The lowest BCUT2D eigenvalue weighted by molar-refractivity contribution is -0.496. The molecule has 1 atom stereocenters. The van der Waals surface area contributed by atoms with Crippen LogP contribution in [0.4, 0.5) is 0 Å². The zero-order valence-corrected chi connectivity index (χ0v) is 6.50. The molecule has 0 saturated heterocycles. The number of nitro groups is 1. The smallest absolute Gasteiger partial charge is 0.209 e. The Bertz CT molecular complexity index is 202. The van der Waals surface area contributed by atoms with Crippen LogP contribution in [0.15, 0.2) is 0 Å². The molecular weight excluding hydrogens is 146 g/mol. The number of carbonyl (C=O) groups is 1. The topological polar surface area (TPSA) is 60.2 Å². The standard InChI is InChI=1S/C7H11NO3/c1-7(5-8(10)11)3-2-6(9)4-7/h2-5H2,1H3/t7-/m1/s1. The largest absolute Gasteiger partial charge is 0.300 e. The first-order valence-corrected chi connectivity index (χ1v) is 3.65. The Balaban J connectivity index is 2.55. The van der Waals surface area contributed by atoms with Crippen molar-refractivity contribution in [3.8, 4) is 0 Å². The summed E-state index contributed by atoms with van der Waals surface area (Å²) >= 11 is 0. The summed E-state index contributed by atoms with van der Waals surface area (Å²) in [5, 5.41) is 10.2. The molecule has 0 unspecified atom stereocenters. The molecule has 0 aromatic carbocycles. The van der Waals surface area contributed by atoms with Crippen LogP contribution in [0.2, 0.25) is 0 Å². The number of hydrogen-bond donors (Lipinski definition) is 0. The fourth-order valence-electron chi connectivity index (χ4n) is 1.54. The number of hydrogen-bond acceptors (Lipinski definition) is 3. The molecule has 0 amide bonds. The third kappa shape index (κ3) is 2.00. The van der Waals surface area contributed by atoms with Crippen LogP contribution in [-0.4, -0.2) is 17.3 Å². The Morgan fingerprint density at radius 3 is 2.73 bits per heavy atom. The first kappa shape index (κ1) is 8.17. The van der Waals surface area contributed by atoms with Crippen molar-refractivity contribution in [2.24, 2.45) is 5.41 Å². The fraction of sp³-hybridized carbons (Fsp3) is 0.857. The van der Waals surface area contributed by atoms with E-state index in [0.29, 0.717) is 19.3 Å². The van der Waals surface area contributed by atoms with Gasteiger partial charge in [-0.2, -0.15) is 0 Å². The molecule has 1 saturated carbocycles. The second-order valence-corrected chi connectivity index (χ2v) is 3.52. The molecule has 0 N–H and O–H groups in total. The Morgan fingerprint density at radius 2 is 2.36 bits per heavy atom. The molecule has 1 fully saturated rings. The van der Waals surface area contributed by atoms with E-state index in [1.165, 1.54) is 0 Å². The maximum absolute atomic E-state index is 10.8. The second kappa shape index (κ2) is 2.60. The van der Waals surface area contributed by atoms with Crippen LogP contribution in [0.1, 0.15) is 26.2 Å². The molecule has 0 aromatic heterocycles. The van der Waals surface area contributed by atoms with Crippen LogP contribution in [-0.2, 0) is 4.79 Å². The lowest BCUT2D eigenvalue weighted by atomic mass is 9.89. The van der Waals surface area contributed by atoms with E-state index in [2.05, 4.69) is 0 Å². The minimum absolute atomic E-state index is 0.0707. The molecule has 4 nitrogen and oxygen atoms in total. The van der Waals surface area contributed by atoms with E-state index in [-0.39, 0.29) is 22.7 Å². The Morgan fingerprint density at radius 1 is 1.73 bits per heavy atom. The van der Waals surface area contributed by atoms with E-state index in [9.17, 15) is 14.9 Å². The van der Waals surface area contributed by atoms with Gasteiger partial charge in [-0.05, 0) is 6.42 Å². The lowest BCUT2D eigenvalue weighted by Gasteiger charge is -2.15. The predicted molar refractivity (Wildman–Crippen MR) is 38.8 cm³/mol. The number of Topliss-reactive ketones (excluding diaryl/α,β-unsaturated/α-hetero) is 1. The average molecular weight is 157 g/mol. The lowest BCUT2D eigenvalue weighted by Crippen LogP contribution is -2.23. The summed E-state index contributed by atoms with van der Waals surface area (Å²) in [6, 6.07) is 0. The zero-order chi connectivity index (χ0) is 8.48. The third-order valence-electron chi connectivity index (χ3n) is 2.14. The molecule has 0 aliphatic heterocycles. The first-order chi connectivity index (χ1) is 5.02. The molecule has 11 heavy (non-hydrogen) atoms. The monoisotopic (exact) mass is 157 g/mol. The van der Waals surface area contributed by atoms with Crippen molar-refractivity contribution in [2.45, 2.75) is 26.2 Å². The zero-order valence-electron chi connectivity index (χ0n) is 6.50. The molecule has 0 bridgehead atoms. The van der Waals surface area contributed by atoms with Gasteiger partial charge < -0.3 is 0 Å². The van der Waals surface area contributed by atoms with Gasteiger partial charge in [-0.3, -0.25) is 14.9 Å². The third-order valence-corrected chi connectivity index (χ3v) is 2.14. The average Bonchev–Trinajstić information content (AvgIpc) is 2.08. The number of ketones is 1. The number of carbonyl (C=O) groups excluding carboxylic acids is 1. The minimum atomic E-state index is -0.361. The van der Waals surface area contributed by atoms with Crippen molar-refractivity contribution in [1.82, 2.24) is 0 Å². The summed E-state index contributed by atoms with van der Waals surface area (Å²) in [7, 11) is 0. The van der Waals surface area contributed by atoms with Gasteiger partial charge in [-0.25, -0.2) is 0 Å².